The molecule has 1 N–H and O–H groups in total. The molecule has 6 heteroatoms. The van der Waals surface area contributed by atoms with Crippen LogP contribution in [0.4, 0.5) is 18.9 Å². The Morgan fingerprint density at radius 2 is 1.83 bits per heavy atom. The lowest BCUT2D eigenvalue weighted by Crippen LogP contribution is -2.54. The molecule has 0 radical (unpaired) electrons. The van der Waals surface area contributed by atoms with Gasteiger partial charge >= 0.3 is 6.18 Å². The summed E-state index contributed by atoms with van der Waals surface area (Å²) >= 11 is 0. The van der Waals surface area contributed by atoms with Crippen molar-refractivity contribution in [1.29, 1.82) is 0 Å². The Morgan fingerprint density at radius 3 is 2.28 bits per heavy atom. The third kappa shape index (κ3) is 2.93. The van der Waals surface area contributed by atoms with Crippen molar-refractivity contribution in [2.75, 3.05) is 18.0 Å². The highest BCUT2D eigenvalue weighted by atomic mass is 19.4. The van der Waals surface area contributed by atoms with Crippen molar-refractivity contribution in [3.8, 4) is 0 Å². The predicted octanol–water partition coefficient (Wildman–Crippen LogP) is 2.29. The lowest BCUT2D eigenvalue weighted by atomic mass is 10.1. The molecule has 0 saturated carbocycles. The first-order valence-electron chi connectivity index (χ1n) is 5.90. The van der Waals surface area contributed by atoms with Gasteiger partial charge in [-0.25, -0.2) is 4.98 Å². The highest BCUT2D eigenvalue weighted by Crippen LogP contribution is 2.28. The van der Waals surface area contributed by atoms with Crippen LogP contribution in [0.15, 0.2) is 18.3 Å². The Labute approximate surface area is 104 Å². The summed E-state index contributed by atoms with van der Waals surface area (Å²) in [4.78, 5) is 5.54. The van der Waals surface area contributed by atoms with Crippen molar-refractivity contribution in [3.63, 3.8) is 0 Å². The largest absolute Gasteiger partial charge is 0.433 e. The zero-order valence-electron chi connectivity index (χ0n) is 10.3. The molecule has 2 heterocycles. The standard InChI is InChI=1S/C12H16F3N3/c1-8-6-18(7-9(2)17-8)10-3-4-11(16-5-10)12(13,14)15/h3-5,8-9,17H,6-7H2,1-2H3/t8-,9+. The van der Waals surface area contributed by atoms with E-state index in [1.165, 1.54) is 12.3 Å². The predicted molar refractivity (Wildman–Crippen MR) is 63.5 cm³/mol. The molecular weight excluding hydrogens is 243 g/mol. The summed E-state index contributed by atoms with van der Waals surface area (Å²) in [6.45, 7) is 5.66. The second-order valence-electron chi connectivity index (χ2n) is 4.77. The fourth-order valence-corrected chi connectivity index (χ4v) is 2.28. The van der Waals surface area contributed by atoms with Gasteiger partial charge in [0.05, 0.1) is 11.9 Å². The van der Waals surface area contributed by atoms with Gasteiger partial charge in [-0.1, -0.05) is 0 Å². The minimum absolute atomic E-state index is 0.316. The van der Waals surface area contributed by atoms with Gasteiger partial charge < -0.3 is 10.2 Å². The molecule has 1 aromatic heterocycles. The lowest BCUT2D eigenvalue weighted by Gasteiger charge is -2.37. The summed E-state index contributed by atoms with van der Waals surface area (Å²) in [7, 11) is 0. The quantitative estimate of drug-likeness (QED) is 0.838. The Bertz CT molecular complexity index is 392. The van der Waals surface area contributed by atoms with Gasteiger partial charge in [0.1, 0.15) is 5.69 Å². The topological polar surface area (TPSA) is 28.2 Å². The number of nitrogens with one attached hydrogen (secondary N) is 1. The van der Waals surface area contributed by atoms with Crippen LogP contribution in [0.3, 0.4) is 0 Å². The van der Waals surface area contributed by atoms with Crippen molar-refractivity contribution in [2.45, 2.75) is 32.1 Å². The van der Waals surface area contributed by atoms with Crippen LogP contribution >= 0.6 is 0 Å². The number of pyridine rings is 1. The first-order valence-corrected chi connectivity index (χ1v) is 5.90. The Kier molecular flexibility index (Phi) is 3.47. The summed E-state index contributed by atoms with van der Waals surface area (Å²) < 4.78 is 37.2. The number of hydrogen-bond acceptors (Lipinski definition) is 3. The smallest absolute Gasteiger partial charge is 0.367 e. The normalized spacial score (nSPS) is 25.3. The summed E-state index contributed by atoms with van der Waals surface area (Å²) in [6.07, 6.45) is -3.07. The molecule has 1 aliphatic rings. The molecule has 3 nitrogen and oxygen atoms in total. The second-order valence-corrected chi connectivity index (χ2v) is 4.77. The zero-order valence-corrected chi connectivity index (χ0v) is 10.3. The van der Waals surface area contributed by atoms with Gasteiger partial charge in [-0.3, -0.25) is 0 Å². The third-order valence-electron chi connectivity index (χ3n) is 2.96. The molecule has 0 spiro atoms. The van der Waals surface area contributed by atoms with Gasteiger partial charge in [-0.05, 0) is 26.0 Å². The van der Waals surface area contributed by atoms with Gasteiger partial charge in [-0.2, -0.15) is 13.2 Å². The molecule has 0 aliphatic carbocycles. The lowest BCUT2D eigenvalue weighted by molar-refractivity contribution is -0.141. The molecule has 1 aromatic rings. The average molecular weight is 259 g/mol. The molecule has 1 saturated heterocycles. The van der Waals surface area contributed by atoms with Crippen LogP contribution < -0.4 is 10.2 Å². The highest BCUT2D eigenvalue weighted by Gasteiger charge is 2.32. The monoisotopic (exact) mass is 259 g/mol. The molecule has 1 fully saturated rings. The molecule has 1 aliphatic heterocycles. The van der Waals surface area contributed by atoms with Crippen LogP contribution in [-0.4, -0.2) is 30.2 Å². The van der Waals surface area contributed by atoms with Crippen molar-refractivity contribution in [3.05, 3.63) is 24.0 Å². The van der Waals surface area contributed by atoms with Crippen molar-refractivity contribution >= 4 is 5.69 Å². The van der Waals surface area contributed by atoms with E-state index >= 15 is 0 Å². The maximum Gasteiger partial charge on any atom is 0.433 e. The molecular formula is C12H16F3N3. The number of nitrogens with zero attached hydrogens (tertiary/aromatic N) is 2. The minimum Gasteiger partial charge on any atom is -0.367 e. The van der Waals surface area contributed by atoms with E-state index in [1.54, 1.807) is 0 Å². The van der Waals surface area contributed by atoms with Crippen LogP contribution in [0.25, 0.3) is 0 Å². The second kappa shape index (κ2) is 4.76. The van der Waals surface area contributed by atoms with E-state index in [-0.39, 0.29) is 0 Å². The van der Waals surface area contributed by atoms with E-state index in [0.29, 0.717) is 12.1 Å². The van der Waals surface area contributed by atoms with Crippen molar-refractivity contribution in [1.82, 2.24) is 10.3 Å². The van der Waals surface area contributed by atoms with Crippen LogP contribution in [0.5, 0.6) is 0 Å². The molecule has 0 amide bonds. The third-order valence-corrected chi connectivity index (χ3v) is 2.96. The summed E-state index contributed by atoms with van der Waals surface area (Å²) in [5, 5.41) is 3.37. The Balaban J connectivity index is 2.14. The number of piperazine rings is 1. The molecule has 0 bridgehead atoms. The maximum atomic E-state index is 12.4. The Morgan fingerprint density at radius 1 is 1.22 bits per heavy atom. The van der Waals surface area contributed by atoms with E-state index in [4.69, 9.17) is 0 Å². The molecule has 100 valence electrons. The van der Waals surface area contributed by atoms with Gasteiger partial charge in [0, 0.05) is 25.2 Å². The zero-order chi connectivity index (χ0) is 13.3. The van der Waals surface area contributed by atoms with E-state index < -0.39 is 11.9 Å². The van der Waals surface area contributed by atoms with Crippen LogP contribution in [0.1, 0.15) is 19.5 Å². The van der Waals surface area contributed by atoms with Gasteiger partial charge in [0.15, 0.2) is 0 Å². The Hall–Kier alpha value is -1.30. The fourth-order valence-electron chi connectivity index (χ4n) is 2.28. The van der Waals surface area contributed by atoms with E-state index in [1.807, 2.05) is 0 Å². The van der Waals surface area contributed by atoms with Gasteiger partial charge in [-0.15, -0.1) is 0 Å². The molecule has 18 heavy (non-hydrogen) atoms. The number of rotatable bonds is 1. The van der Waals surface area contributed by atoms with Crippen LogP contribution in [0, 0.1) is 0 Å². The van der Waals surface area contributed by atoms with Crippen molar-refractivity contribution < 1.29 is 13.2 Å². The fraction of sp³-hybridized carbons (Fsp3) is 0.583. The number of alkyl halides is 3. The van der Waals surface area contributed by atoms with Gasteiger partial charge in [0.25, 0.3) is 0 Å². The first-order chi connectivity index (χ1) is 8.36. The van der Waals surface area contributed by atoms with E-state index in [2.05, 4.69) is 29.0 Å². The highest BCUT2D eigenvalue weighted by molar-refractivity contribution is 5.45. The SMILES string of the molecule is C[C@@H]1CN(c2ccc(C(F)(F)F)nc2)C[C@H](C)N1. The number of hydrogen-bond donors (Lipinski definition) is 1. The number of anilines is 1. The number of aromatic nitrogens is 1. The van der Waals surface area contributed by atoms with E-state index in [9.17, 15) is 13.2 Å². The molecule has 2 rings (SSSR count). The van der Waals surface area contributed by atoms with Crippen LogP contribution in [0.2, 0.25) is 0 Å². The average Bonchev–Trinajstić information content (AvgIpc) is 2.27. The minimum atomic E-state index is -4.37. The number of halogens is 3. The van der Waals surface area contributed by atoms with Crippen molar-refractivity contribution in [2.24, 2.45) is 0 Å². The summed E-state index contributed by atoms with van der Waals surface area (Å²) in [6, 6.07) is 3.15. The maximum absolute atomic E-state index is 12.4. The van der Waals surface area contributed by atoms with Gasteiger partial charge in [0.2, 0.25) is 0 Å². The molecule has 0 aromatic carbocycles. The van der Waals surface area contributed by atoms with Crippen LogP contribution in [-0.2, 0) is 6.18 Å². The van der Waals surface area contributed by atoms with E-state index in [0.717, 1.165) is 24.8 Å². The molecule has 0 unspecified atom stereocenters. The first kappa shape index (κ1) is 13.1. The molecule has 2 atom stereocenters. The summed E-state index contributed by atoms with van der Waals surface area (Å²) in [5.41, 5.74) is -0.106. The summed E-state index contributed by atoms with van der Waals surface area (Å²) in [5.74, 6) is 0.